The van der Waals surface area contributed by atoms with Crippen molar-refractivity contribution in [2.75, 3.05) is 6.54 Å². The zero-order valence-electron chi connectivity index (χ0n) is 4.20. The number of hydroxylamine groups is 4. The van der Waals surface area contributed by atoms with Gasteiger partial charge in [0, 0.05) is 0 Å². The van der Waals surface area contributed by atoms with E-state index in [1.807, 2.05) is 0 Å². The summed E-state index contributed by atoms with van der Waals surface area (Å²) in [5.74, 6) is 0. The maximum Gasteiger partial charge on any atom is 0.219 e. The monoisotopic (exact) mass is 111 g/mol. The Labute approximate surface area is 47.3 Å². The molecule has 0 aromatic rings. The smallest absolute Gasteiger partial charge is 0.219 e. The van der Waals surface area contributed by atoms with Crippen molar-refractivity contribution >= 4 is 0 Å². The SMILES string of the molecule is [O-][N+]1([O-])C=CC=[C+]C1. The minimum atomic E-state index is -1.57. The third kappa shape index (κ3) is 1.12. The van der Waals surface area contributed by atoms with E-state index >= 15 is 0 Å². The quantitative estimate of drug-likeness (QED) is 0.262. The molecule has 0 radical (unpaired) electrons. The van der Waals surface area contributed by atoms with Crippen LogP contribution in [-0.2, 0) is 0 Å². The fourth-order valence-corrected chi connectivity index (χ4v) is 0.475. The minimum Gasteiger partial charge on any atom is -0.623 e. The van der Waals surface area contributed by atoms with Gasteiger partial charge in [-0.15, -0.1) is 0 Å². The Morgan fingerprint density at radius 3 is 2.50 bits per heavy atom. The van der Waals surface area contributed by atoms with Crippen LogP contribution in [0.1, 0.15) is 0 Å². The molecule has 0 saturated carbocycles. The van der Waals surface area contributed by atoms with E-state index in [-0.39, 0.29) is 6.54 Å². The minimum absolute atomic E-state index is 0.115. The Kier molecular flexibility index (Phi) is 1.12. The molecule has 0 fully saturated rings. The van der Waals surface area contributed by atoms with Crippen molar-refractivity contribution < 1.29 is 4.81 Å². The molecule has 42 valence electrons. The normalized spacial score (nSPS) is 22.8. The number of nitrogens with zero attached hydrogens (tertiary/aromatic N) is 1. The standard InChI is InChI=1S/C5H5NO2/c7-6(8)4-2-1-3-5-6/h1-2,4H,5H2. The van der Waals surface area contributed by atoms with E-state index < -0.39 is 4.81 Å². The zero-order chi connectivity index (χ0) is 6.04. The van der Waals surface area contributed by atoms with Gasteiger partial charge in [-0.2, -0.15) is 0 Å². The summed E-state index contributed by atoms with van der Waals surface area (Å²) < 4.78 is 0. The van der Waals surface area contributed by atoms with Crippen LogP contribution in [0.3, 0.4) is 0 Å². The van der Waals surface area contributed by atoms with Gasteiger partial charge in [-0.25, -0.2) is 0 Å². The molecule has 1 aliphatic rings. The van der Waals surface area contributed by atoms with Crippen LogP contribution >= 0.6 is 0 Å². The summed E-state index contributed by atoms with van der Waals surface area (Å²) in [6.07, 6.45) is 6.52. The first-order valence-electron chi connectivity index (χ1n) is 2.25. The maximum atomic E-state index is 10.3. The molecule has 3 nitrogen and oxygen atoms in total. The van der Waals surface area contributed by atoms with Crippen molar-refractivity contribution in [3.63, 3.8) is 0 Å². The Hall–Kier alpha value is -0.730. The molecule has 3 heteroatoms. The van der Waals surface area contributed by atoms with Crippen molar-refractivity contribution in [1.82, 2.24) is 0 Å². The Morgan fingerprint density at radius 1 is 1.50 bits per heavy atom. The first kappa shape index (κ1) is 5.41. The Balaban J connectivity index is 2.65. The van der Waals surface area contributed by atoms with Crippen molar-refractivity contribution in [1.29, 1.82) is 0 Å². The van der Waals surface area contributed by atoms with Crippen LogP contribution in [0.25, 0.3) is 0 Å². The Bertz CT molecular complexity index is 137. The van der Waals surface area contributed by atoms with E-state index in [0.29, 0.717) is 0 Å². The third-order valence-corrected chi connectivity index (χ3v) is 0.839. The van der Waals surface area contributed by atoms with E-state index in [0.717, 1.165) is 6.20 Å². The molecular formula is C5H5NO2. The molecule has 0 saturated heterocycles. The lowest BCUT2D eigenvalue weighted by atomic mass is 10.4. The third-order valence-electron chi connectivity index (χ3n) is 0.839. The lowest BCUT2D eigenvalue weighted by Gasteiger charge is -2.38. The molecule has 0 spiro atoms. The van der Waals surface area contributed by atoms with Crippen LogP contribution in [0, 0.1) is 16.5 Å². The summed E-state index contributed by atoms with van der Waals surface area (Å²) in [6.45, 7) is -0.115. The average molecular weight is 111 g/mol. The molecule has 0 aromatic carbocycles. The average Bonchev–Trinajstić information content (AvgIpc) is 1.65. The molecule has 0 amide bonds. The second-order valence-corrected chi connectivity index (χ2v) is 1.60. The maximum absolute atomic E-state index is 10.3. The van der Waals surface area contributed by atoms with E-state index in [4.69, 9.17) is 0 Å². The van der Waals surface area contributed by atoms with Crippen molar-refractivity contribution in [2.45, 2.75) is 0 Å². The molecule has 0 aromatic heterocycles. The molecule has 1 rings (SSSR count). The van der Waals surface area contributed by atoms with Crippen LogP contribution < -0.4 is 0 Å². The molecule has 1 aliphatic heterocycles. The molecule has 0 N–H and O–H groups in total. The fourth-order valence-electron chi connectivity index (χ4n) is 0.475. The highest BCUT2D eigenvalue weighted by atomic mass is 16.8. The number of hydrogen-bond donors (Lipinski definition) is 0. The second-order valence-electron chi connectivity index (χ2n) is 1.60. The molecule has 8 heavy (non-hydrogen) atoms. The molecule has 0 unspecified atom stereocenters. The van der Waals surface area contributed by atoms with Crippen molar-refractivity contribution in [3.05, 3.63) is 34.8 Å². The summed E-state index contributed by atoms with van der Waals surface area (Å²) >= 11 is 0. The highest BCUT2D eigenvalue weighted by Crippen LogP contribution is 2.05. The van der Waals surface area contributed by atoms with Gasteiger partial charge in [0.1, 0.15) is 12.2 Å². The Morgan fingerprint density at radius 2 is 2.25 bits per heavy atom. The van der Waals surface area contributed by atoms with E-state index in [2.05, 4.69) is 6.08 Å². The first-order chi connectivity index (χ1) is 3.71. The zero-order valence-corrected chi connectivity index (χ0v) is 4.20. The van der Waals surface area contributed by atoms with Crippen LogP contribution in [0.4, 0.5) is 0 Å². The van der Waals surface area contributed by atoms with E-state index in [9.17, 15) is 10.4 Å². The molecule has 0 bridgehead atoms. The van der Waals surface area contributed by atoms with Crippen LogP contribution in [-0.4, -0.2) is 11.4 Å². The number of hydrogen-bond acceptors (Lipinski definition) is 2. The lowest BCUT2D eigenvalue weighted by Crippen LogP contribution is -2.29. The number of allylic oxidation sites excluding steroid dienone is 2. The molecule has 0 aliphatic carbocycles. The number of rotatable bonds is 0. The number of quaternary nitrogens is 1. The summed E-state index contributed by atoms with van der Waals surface area (Å²) in [5, 5.41) is 20.7. The van der Waals surface area contributed by atoms with Crippen LogP contribution in [0.2, 0.25) is 0 Å². The molecule has 1 heterocycles. The summed E-state index contributed by atoms with van der Waals surface area (Å²) in [7, 11) is 0. The first-order valence-corrected chi connectivity index (χ1v) is 2.25. The largest absolute Gasteiger partial charge is 0.623 e. The predicted octanol–water partition coefficient (Wildman–Crippen LogP) is 0.685. The van der Waals surface area contributed by atoms with Gasteiger partial charge in [-0.3, -0.25) is 0 Å². The summed E-state index contributed by atoms with van der Waals surface area (Å²) in [4.78, 5) is -1.57. The van der Waals surface area contributed by atoms with Gasteiger partial charge in [0.25, 0.3) is 0 Å². The summed E-state index contributed by atoms with van der Waals surface area (Å²) in [6, 6.07) is 0. The highest BCUT2D eigenvalue weighted by molar-refractivity contribution is 4.99. The van der Waals surface area contributed by atoms with Gasteiger partial charge in [0.15, 0.2) is 12.3 Å². The van der Waals surface area contributed by atoms with Crippen molar-refractivity contribution in [2.24, 2.45) is 0 Å². The summed E-state index contributed by atoms with van der Waals surface area (Å²) in [5.41, 5.74) is 0. The highest BCUT2D eigenvalue weighted by Gasteiger charge is 2.06. The second kappa shape index (κ2) is 1.65. The van der Waals surface area contributed by atoms with Crippen molar-refractivity contribution in [3.8, 4) is 0 Å². The van der Waals surface area contributed by atoms with Gasteiger partial charge >= 0.3 is 0 Å². The van der Waals surface area contributed by atoms with Crippen LogP contribution in [0.5, 0.6) is 0 Å². The van der Waals surface area contributed by atoms with Gasteiger partial charge in [0.05, 0.1) is 0 Å². The molecular weight excluding hydrogens is 106 g/mol. The van der Waals surface area contributed by atoms with Gasteiger partial charge < -0.3 is 15.2 Å². The predicted molar refractivity (Wildman–Crippen MR) is 28.8 cm³/mol. The lowest BCUT2D eigenvalue weighted by molar-refractivity contribution is -0.770. The topological polar surface area (TPSA) is 46.1 Å². The molecule has 0 atom stereocenters. The van der Waals surface area contributed by atoms with E-state index in [1.165, 1.54) is 6.08 Å². The van der Waals surface area contributed by atoms with E-state index in [1.54, 1.807) is 6.08 Å². The van der Waals surface area contributed by atoms with Gasteiger partial charge in [-0.05, 0) is 0 Å². The van der Waals surface area contributed by atoms with Gasteiger partial charge in [0.2, 0.25) is 6.54 Å². The fraction of sp³-hybridized carbons (Fsp3) is 0.200. The van der Waals surface area contributed by atoms with Gasteiger partial charge in [-0.1, -0.05) is 0 Å². The van der Waals surface area contributed by atoms with Crippen LogP contribution in [0.15, 0.2) is 18.4 Å².